The Labute approximate surface area is 128 Å². The SMILES string of the molecule is CCc1nc(C)ccc1Oc1ccc(CNC)cc1Br. The molecule has 106 valence electrons. The molecule has 0 atom stereocenters. The van der Waals surface area contributed by atoms with E-state index < -0.39 is 0 Å². The van der Waals surface area contributed by atoms with Gasteiger partial charge in [0, 0.05) is 12.2 Å². The smallest absolute Gasteiger partial charge is 0.148 e. The van der Waals surface area contributed by atoms with E-state index in [2.05, 4.69) is 45.3 Å². The summed E-state index contributed by atoms with van der Waals surface area (Å²) >= 11 is 3.56. The first-order valence-electron chi connectivity index (χ1n) is 6.71. The van der Waals surface area contributed by atoms with Crippen molar-refractivity contribution in [1.29, 1.82) is 0 Å². The lowest BCUT2D eigenvalue weighted by molar-refractivity contribution is 0.469. The number of halogens is 1. The van der Waals surface area contributed by atoms with Crippen molar-refractivity contribution in [3.63, 3.8) is 0 Å². The summed E-state index contributed by atoms with van der Waals surface area (Å²) in [5.74, 6) is 1.63. The fourth-order valence-corrected chi connectivity index (χ4v) is 2.51. The topological polar surface area (TPSA) is 34.1 Å². The molecule has 0 amide bonds. The van der Waals surface area contributed by atoms with Gasteiger partial charge < -0.3 is 10.1 Å². The summed E-state index contributed by atoms with van der Waals surface area (Å²) in [5, 5.41) is 3.13. The van der Waals surface area contributed by atoms with Crippen LogP contribution in [0.3, 0.4) is 0 Å². The average molecular weight is 335 g/mol. The quantitative estimate of drug-likeness (QED) is 0.888. The zero-order chi connectivity index (χ0) is 14.5. The Morgan fingerprint density at radius 2 is 1.95 bits per heavy atom. The number of nitrogens with one attached hydrogen (secondary N) is 1. The fraction of sp³-hybridized carbons (Fsp3) is 0.312. The van der Waals surface area contributed by atoms with Gasteiger partial charge in [0.2, 0.25) is 0 Å². The molecule has 20 heavy (non-hydrogen) atoms. The monoisotopic (exact) mass is 334 g/mol. The second-order valence-electron chi connectivity index (χ2n) is 4.65. The van der Waals surface area contributed by atoms with Gasteiger partial charge in [-0.3, -0.25) is 4.98 Å². The molecule has 2 rings (SSSR count). The minimum atomic E-state index is 0.810. The number of hydrogen-bond acceptors (Lipinski definition) is 3. The molecule has 0 radical (unpaired) electrons. The van der Waals surface area contributed by atoms with Crippen molar-refractivity contribution in [2.24, 2.45) is 0 Å². The zero-order valence-corrected chi connectivity index (χ0v) is 13.6. The number of pyridine rings is 1. The molecule has 0 fully saturated rings. The van der Waals surface area contributed by atoms with E-state index in [1.54, 1.807) is 0 Å². The van der Waals surface area contributed by atoms with E-state index in [4.69, 9.17) is 4.74 Å². The van der Waals surface area contributed by atoms with Crippen LogP contribution in [-0.2, 0) is 13.0 Å². The molecule has 1 aromatic carbocycles. The van der Waals surface area contributed by atoms with E-state index >= 15 is 0 Å². The Bertz CT molecular complexity index is 599. The predicted molar refractivity (Wildman–Crippen MR) is 85.3 cm³/mol. The summed E-state index contributed by atoms with van der Waals surface area (Å²) in [4.78, 5) is 4.51. The largest absolute Gasteiger partial charge is 0.454 e. The molecule has 0 spiro atoms. The maximum Gasteiger partial charge on any atom is 0.148 e. The number of rotatable bonds is 5. The Balaban J connectivity index is 2.26. The standard InChI is InChI=1S/C16H19BrN2O/c1-4-14-16(7-5-11(2)19-14)20-15-8-6-12(10-18-3)9-13(15)17/h5-9,18H,4,10H2,1-3H3. The van der Waals surface area contributed by atoms with E-state index in [1.807, 2.05) is 32.2 Å². The van der Waals surface area contributed by atoms with Gasteiger partial charge in [0.05, 0.1) is 10.2 Å². The molecule has 4 heteroatoms. The van der Waals surface area contributed by atoms with E-state index in [1.165, 1.54) is 5.56 Å². The Morgan fingerprint density at radius 3 is 2.60 bits per heavy atom. The van der Waals surface area contributed by atoms with Crippen molar-refractivity contribution in [2.75, 3.05) is 7.05 Å². The van der Waals surface area contributed by atoms with Gasteiger partial charge in [-0.2, -0.15) is 0 Å². The number of benzene rings is 1. The molecule has 1 aromatic heterocycles. The van der Waals surface area contributed by atoms with Crippen LogP contribution in [0.15, 0.2) is 34.8 Å². The van der Waals surface area contributed by atoms with E-state index in [9.17, 15) is 0 Å². The molecule has 0 saturated carbocycles. The second-order valence-corrected chi connectivity index (χ2v) is 5.50. The molecule has 0 aliphatic heterocycles. The molecule has 0 saturated heterocycles. The molecule has 3 nitrogen and oxygen atoms in total. The molecule has 0 aliphatic rings. The number of aromatic nitrogens is 1. The van der Waals surface area contributed by atoms with Crippen molar-refractivity contribution in [2.45, 2.75) is 26.8 Å². The van der Waals surface area contributed by atoms with Crippen molar-refractivity contribution in [3.05, 3.63) is 51.8 Å². The highest BCUT2D eigenvalue weighted by molar-refractivity contribution is 9.10. The first-order valence-corrected chi connectivity index (χ1v) is 7.50. The minimum absolute atomic E-state index is 0.810. The van der Waals surface area contributed by atoms with Crippen LogP contribution in [0.2, 0.25) is 0 Å². The van der Waals surface area contributed by atoms with Crippen molar-refractivity contribution in [1.82, 2.24) is 10.3 Å². The molecule has 0 aliphatic carbocycles. The third-order valence-corrected chi connectivity index (χ3v) is 3.62. The van der Waals surface area contributed by atoms with Gasteiger partial charge >= 0.3 is 0 Å². The van der Waals surface area contributed by atoms with Crippen LogP contribution in [0, 0.1) is 6.92 Å². The van der Waals surface area contributed by atoms with Crippen LogP contribution in [-0.4, -0.2) is 12.0 Å². The summed E-state index contributed by atoms with van der Waals surface area (Å²) < 4.78 is 6.94. The lowest BCUT2D eigenvalue weighted by atomic mass is 10.2. The highest BCUT2D eigenvalue weighted by atomic mass is 79.9. The molecular weight excluding hydrogens is 316 g/mol. The second kappa shape index (κ2) is 6.86. The van der Waals surface area contributed by atoms with Crippen molar-refractivity contribution < 1.29 is 4.74 Å². The highest BCUT2D eigenvalue weighted by Gasteiger charge is 2.08. The van der Waals surface area contributed by atoms with Gasteiger partial charge in [0.1, 0.15) is 11.5 Å². The Hall–Kier alpha value is -1.39. The summed E-state index contributed by atoms with van der Waals surface area (Å²) in [6.45, 7) is 4.91. The molecule has 2 aromatic rings. The fourth-order valence-electron chi connectivity index (χ4n) is 2.00. The number of aryl methyl sites for hydroxylation is 2. The third kappa shape index (κ3) is 3.58. The van der Waals surface area contributed by atoms with Crippen LogP contribution in [0.25, 0.3) is 0 Å². The minimum Gasteiger partial charge on any atom is -0.454 e. The number of nitrogens with zero attached hydrogens (tertiary/aromatic N) is 1. The van der Waals surface area contributed by atoms with E-state index in [0.29, 0.717) is 0 Å². The average Bonchev–Trinajstić information content (AvgIpc) is 2.43. The maximum atomic E-state index is 5.99. The Kier molecular flexibility index (Phi) is 5.15. The summed E-state index contributed by atoms with van der Waals surface area (Å²) in [5.41, 5.74) is 3.21. The first kappa shape index (κ1) is 15.0. The third-order valence-electron chi connectivity index (χ3n) is 3.00. The van der Waals surface area contributed by atoms with Gasteiger partial charge in [0.15, 0.2) is 0 Å². The zero-order valence-electron chi connectivity index (χ0n) is 12.0. The van der Waals surface area contributed by atoms with Crippen LogP contribution >= 0.6 is 15.9 Å². The summed E-state index contributed by atoms with van der Waals surface area (Å²) in [6, 6.07) is 10.1. The predicted octanol–water partition coefficient (Wildman–Crippen LogP) is 4.23. The van der Waals surface area contributed by atoms with Crippen LogP contribution in [0.1, 0.15) is 23.9 Å². The van der Waals surface area contributed by atoms with Gasteiger partial charge in [-0.15, -0.1) is 0 Å². The molecular formula is C16H19BrN2O. The first-order chi connectivity index (χ1) is 9.63. The van der Waals surface area contributed by atoms with Crippen LogP contribution in [0.4, 0.5) is 0 Å². The van der Waals surface area contributed by atoms with Gasteiger partial charge in [-0.25, -0.2) is 0 Å². The van der Waals surface area contributed by atoms with Gasteiger partial charge in [-0.05, 0) is 66.2 Å². The number of hydrogen-bond donors (Lipinski definition) is 1. The van der Waals surface area contributed by atoms with Gasteiger partial charge in [-0.1, -0.05) is 13.0 Å². The van der Waals surface area contributed by atoms with Crippen molar-refractivity contribution in [3.8, 4) is 11.5 Å². The normalized spacial score (nSPS) is 10.6. The van der Waals surface area contributed by atoms with Crippen LogP contribution < -0.4 is 10.1 Å². The van der Waals surface area contributed by atoms with Crippen molar-refractivity contribution >= 4 is 15.9 Å². The van der Waals surface area contributed by atoms with E-state index in [0.717, 1.165) is 40.3 Å². The molecule has 0 unspecified atom stereocenters. The summed E-state index contributed by atoms with van der Waals surface area (Å²) in [6.07, 6.45) is 0.854. The lowest BCUT2D eigenvalue weighted by Crippen LogP contribution is -2.04. The Morgan fingerprint density at radius 1 is 1.20 bits per heavy atom. The van der Waals surface area contributed by atoms with Gasteiger partial charge in [0.25, 0.3) is 0 Å². The maximum absolute atomic E-state index is 5.99. The van der Waals surface area contributed by atoms with E-state index in [-0.39, 0.29) is 0 Å². The number of ether oxygens (including phenoxy) is 1. The molecule has 1 heterocycles. The summed E-state index contributed by atoms with van der Waals surface area (Å²) in [7, 11) is 1.93. The molecule has 1 N–H and O–H groups in total. The lowest BCUT2D eigenvalue weighted by Gasteiger charge is -2.12. The van der Waals surface area contributed by atoms with Crippen LogP contribution in [0.5, 0.6) is 11.5 Å². The highest BCUT2D eigenvalue weighted by Crippen LogP contribution is 2.32. The molecule has 0 bridgehead atoms.